The maximum atomic E-state index is 14.1. The molecule has 0 bridgehead atoms. The van der Waals surface area contributed by atoms with Gasteiger partial charge in [0.25, 0.3) is 5.92 Å². The maximum absolute atomic E-state index is 14.1. The van der Waals surface area contributed by atoms with Gasteiger partial charge in [-0.05, 0) is 38.6 Å². The predicted molar refractivity (Wildman–Crippen MR) is 83.7 cm³/mol. The Hall–Kier alpha value is -1.04. The van der Waals surface area contributed by atoms with E-state index in [1.165, 1.54) is 0 Å². The first kappa shape index (κ1) is 15.5. The number of nitrogens with zero attached hydrogens (tertiary/aromatic N) is 4. The van der Waals surface area contributed by atoms with Crippen LogP contribution in [0.1, 0.15) is 62.5 Å². The second kappa shape index (κ2) is 6.11. The van der Waals surface area contributed by atoms with E-state index in [0.29, 0.717) is 25.3 Å². The van der Waals surface area contributed by atoms with Crippen molar-refractivity contribution in [3.05, 3.63) is 11.6 Å². The molecular weight excluding hydrogens is 298 g/mol. The highest BCUT2D eigenvalue weighted by atomic mass is 19.3. The Morgan fingerprint density at radius 1 is 1.04 bits per heavy atom. The van der Waals surface area contributed by atoms with Gasteiger partial charge >= 0.3 is 0 Å². The second-order valence-electron chi connectivity index (χ2n) is 7.53. The zero-order valence-electron chi connectivity index (χ0n) is 13.7. The average molecular weight is 324 g/mol. The molecule has 4 nitrogen and oxygen atoms in total. The van der Waals surface area contributed by atoms with E-state index in [-0.39, 0.29) is 6.42 Å². The van der Waals surface area contributed by atoms with E-state index < -0.39 is 11.8 Å². The lowest BCUT2D eigenvalue weighted by Gasteiger charge is -2.38. The summed E-state index contributed by atoms with van der Waals surface area (Å²) in [6.45, 7) is 3.38. The largest absolute Gasteiger partial charge is 0.315 e. The molecule has 3 aliphatic rings. The molecule has 1 aliphatic carbocycles. The van der Waals surface area contributed by atoms with Crippen LogP contribution in [0.15, 0.2) is 0 Å². The van der Waals surface area contributed by atoms with E-state index in [2.05, 4.69) is 19.7 Å². The summed E-state index contributed by atoms with van der Waals surface area (Å²) in [6.07, 6.45) is 6.75. The minimum Gasteiger partial charge on any atom is -0.315 e. The summed E-state index contributed by atoms with van der Waals surface area (Å²) in [4.78, 5) is 2.26. The number of hydrogen-bond donors (Lipinski definition) is 0. The summed E-state index contributed by atoms with van der Waals surface area (Å²) in [7, 11) is 0. The quantitative estimate of drug-likeness (QED) is 0.856. The van der Waals surface area contributed by atoms with Crippen LogP contribution in [0.25, 0.3) is 0 Å². The first-order valence-electron chi connectivity index (χ1n) is 9.15. The molecule has 2 aliphatic heterocycles. The van der Waals surface area contributed by atoms with E-state index >= 15 is 0 Å². The van der Waals surface area contributed by atoms with Gasteiger partial charge in [-0.1, -0.05) is 6.42 Å². The molecule has 2 atom stereocenters. The van der Waals surface area contributed by atoms with E-state index in [1.807, 2.05) is 0 Å². The van der Waals surface area contributed by atoms with Gasteiger partial charge in [0, 0.05) is 44.3 Å². The van der Waals surface area contributed by atoms with Crippen molar-refractivity contribution in [3.63, 3.8) is 0 Å². The fourth-order valence-electron chi connectivity index (χ4n) is 4.61. The highest BCUT2D eigenvalue weighted by Crippen LogP contribution is 2.39. The normalized spacial score (nSPS) is 31.2. The minimum atomic E-state index is -2.47. The molecule has 6 heteroatoms. The van der Waals surface area contributed by atoms with Crippen LogP contribution >= 0.6 is 0 Å². The number of hydrogen-bond acceptors (Lipinski definition) is 3. The summed E-state index contributed by atoms with van der Waals surface area (Å²) < 4.78 is 30.5. The van der Waals surface area contributed by atoms with Gasteiger partial charge in [0.1, 0.15) is 11.6 Å². The molecule has 1 aromatic rings. The molecule has 23 heavy (non-hydrogen) atoms. The van der Waals surface area contributed by atoms with Crippen LogP contribution in [0.2, 0.25) is 0 Å². The van der Waals surface area contributed by atoms with Gasteiger partial charge < -0.3 is 9.47 Å². The van der Waals surface area contributed by atoms with Crippen LogP contribution in [0, 0.1) is 5.92 Å². The molecule has 1 aromatic heterocycles. The molecule has 0 aromatic carbocycles. The number of rotatable bonds is 3. The number of piperidine rings is 1. The van der Waals surface area contributed by atoms with Crippen LogP contribution in [0.5, 0.6) is 0 Å². The predicted octanol–water partition coefficient (Wildman–Crippen LogP) is 3.23. The van der Waals surface area contributed by atoms with Crippen molar-refractivity contribution in [2.24, 2.45) is 5.92 Å². The van der Waals surface area contributed by atoms with Crippen molar-refractivity contribution >= 4 is 0 Å². The smallest absolute Gasteiger partial charge is 0.252 e. The van der Waals surface area contributed by atoms with E-state index in [0.717, 1.165) is 63.4 Å². The molecule has 1 saturated heterocycles. The Morgan fingerprint density at radius 2 is 1.96 bits per heavy atom. The Kier molecular flexibility index (Phi) is 4.12. The summed E-state index contributed by atoms with van der Waals surface area (Å²) >= 11 is 0. The number of aryl methyl sites for hydroxylation is 1. The number of fused-ring (bicyclic) bond motifs is 1. The molecule has 0 spiro atoms. The monoisotopic (exact) mass is 324 g/mol. The van der Waals surface area contributed by atoms with E-state index in [4.69, 9.17) is 0 Å². The Bertz CT molecular complexity index is 557. The Labute approximate surface area is 136 Å². The van der Waals surface area contributed by atoms with Gasteiger partial charge in [-0.3, -0.25) is 0 Å². The number of halogens is 2. The van der Waals surface area contributed by atoms with Crippen LogP contribution in [-0.2, 0) is 13.0 Å². The summed E-state index contributed by atoms with van der Waals surface area (Å²) in [5.41, 5.74) is 0. The standard InChI is InChI=1S/C17H26F2N4/c18-17(19)8-2-1-6-14(17)12-22-9-3-5-13(11-22)16-21-20-15-7-4-10-23(15)16/h13-14H,1-12H2/t13-,14-/m0/s1. The molecular formula is C17H26F2N4. The lowest BCUT2D eigenvalue weighted by atomic mass is 9.84. The van der Waals surface area contributed by atoms with Crippen molar-refractivity contribution in [3.8, 4) is 0 Å². The minimum absolute atomic E-state index is 0.0760. The van der Waals surface area contributed by atoms with Gasteiger partial charge in [0.15, 0.2) is 0 Å². The third-order valence-corrected chi connectivity index (χ3v) is 5.90. The Morgan fingerprint density at radius 3 is 2.83 bits per heavy atom. The van der Waals surface area contributed by atoms with Gasteiger partial charge in [0.05, 0.1) is 0 Å². The van der Waals surface area contributed by atoms with Crippen LogP contribution in [-0.4, -0.2) is 45.2 Å². The maximum Gasteiger partial charge on any atom is 0.252 e. The molecule has 4 rings (SSSR count). The Balaban J connectivity index is 1.43. The first-order valence-corrected chi connectivity index (χ1v) is 9.15. The second-order valence-corrected chi connectivity index (χ2v) is 7.53. The highest BCUT2D eigenvalue weighted by molar-refractivity contribution is 5.07. The average Bonchev–Trinajstić information content (AvgIpc) is 3.12. The zero-order valence-corrected chi connectivity index (χ0v) is 13.7. The van der Waals surface area contributed by atoms with Gasteiger partial charge in [-0.15, -0.1) is 10.2 Å². The van der Waals surface area contributed by atoms with Crippen molar-refractivity contribution in [2.45, 2.75) is 69.8 Å². The molecule has 0 unspecified atom stereocenters. The van der Waals surface area contributed by atoms with Gasteiger partial charge in [0.2, 0.25) is 0 Å². The van der Waals surface area contributed by atoms with E-state index in [1.54, 1.807) is 0 Å². The third kappa shape index (κ3) is 3.02. The first-order chi connectivity index (χ1) is 11.1. The van der Waals surface area contributed by atoms with Crippen molar-refractivity contribution in [2.75, 3.05) is 19.6 Å². The van der Waals surface area contributed by atoms with Crippen LogP contribution < -0.4 is 0 Å². The topological polar surface area (TPSA) is 34.0 Å². The van der Waals surface area contributed by atoms with Crippen molar-refractivity contribution in [1.82, 2.24) is 19.7 Å². The molecule has 2 fully saturated rings. The zero-order chi connectivity index (χ0) is 15.9. The molecule has 128 valence electrons. The number of alkyl halides is 2. The molecule has 1 saturated carbocycles. The lowest BCUT2D eigenvalue weighted by Crippen LogP contribution is -2.44. The van der Waals surface area contributed by atoms with Gasteiger partial charge in [-0.25, -0.2) is 8.78 Å². The highest BCUT2D eigenvalue weighted by Gasteiger charge is 2.42. The van der Waals surface area contributed by atoms with Crippen molar-refractivity contribution < 1.29 is 8.78 Å². The van der Waals surface area contributed by atoms with Crippen LogP contribution in [0.4, 0.5) is 8.78 Å². The number of likely N-dealkylation sites (tertiary alicyclic amines) is 1. The fraction of sp³-hybridized carbons (Fsp3) is 0.882. The van der Waals surface area contributed by atoms with Crippen LogP contribution in [0.3, 0.4) is 0 Å². The lowest BCUT2D eigenvalue weighted by molar-refractivity contribution is -0.0961. The fourth-order valence-corrected chi connectivity index (χ4v) is 4.61. The SMILES string of the molecule is FC1(F)CCCC[C@H]1CN1CCC[C@H](c2nnc3n2CCC3)C1. The summed E-state index contributed by atoms with van der Waals surface area (Å²) in [6, 6.07) is 0. The van der Waals surface area contributed by atoms with Gasteiger partial charge in [-0.2, -0.15) is 0 Å². The summed E-state index contributed by atoms with van der Waals surface area (Å²) in [5, 5.41) is 8.72. The molecule has 0 N–H and O–H groups in total. The molecule has 0 radical (unpaired) electrons. The van der Waals surface area contributed by atoms with Crippen molar-refractivity contribution in [1.29, 1.82) is 0 Å². The third-order valence-electron chi connectivity index (χ3n) is 5.90. The molecule has 3 heterocycles. The molecule has 0 amide bonds. The number of aromatic nitrogens is 3. The summed E-state index contributed by atoms with van der Waals surface area (Å²) in [5.74, 6) is -0.366. The van der Waals surface area contributed by atoms with E-state index in [9.17, 15) is 8.78 Å².